The topological polar surface area (TPSA) is 39.9 Å². The van der Waals surface area contributed by atoms with Crippen molar-refractivity contribution in [2.24, 2.45) is 0 Å². The summed E-state index contributed by atoms with van der Waals surface area (Å²) in [5.74, 6) is 1.61. The normalized spacial score (nSPS) is 11.4. The zero-order chi connectivity index (χ0) is 19.0. The Morgan fingerprint density at radius 3 is 2.33 bits per heavy atom. The van der Waals surface area contributed by atoms with E-state index in [-0.39, 0.29) is 0 Å². The van der Waals surface area contributed by atoms with Gasteiger partial charge in [-0.25, -0.2) is 0 Å². The molecule has 0 saturated heterocycles. The fourth-order valence-electron chi connectivity index (χ4n) is 3.89. The summed E-state index contributed by atoms with van der Waals surface area (Å²) in [6, 6.07) is 14.1. The number of rotatable bonds is 6. The first-order valence-corrected chi connectivity index (χ1v) is 9.28. The lowest BCUT2D eigenvalue weighted by Crippen LogP contribution is -1.99. The Labute approximate surface area is 158 Å². The Morgan fingerprint density at radius 2 is 1.67 bits per heavy atom. The highest BCUT2D eigenvalue weighted by molar-refractivity contribution is 6.14. The Kier molecular flexibility index (Phi) is 4.48. The van der Waals surface area contributed by atoms with Gasteiger partial charge in [-0.1, -0.05) is 13.3 Å². The van der Waals surface area contributed by atoms with Gasteiger partial charge < -0.3 is 13.9 Å². The summed E-state index contributed by atoms with van der Waals surface area (Å²) in [5, 5.41) is 3.09. The van der Waals surface area contributed by atoms with E-state index >= 15 is 0 Å². The number of benzene rings is 2. The van der Waals surface area contributed by atoms with Gasteiger partial charge in [0, 0.05) is 28.1 Å². The van der Waals surface area contributed by atoms with Gasteiger partial charge in [-0.3, -0.25) is 4.79 Å². The lowest BCUT2D eigenvalue weighted by molar-refractivity contribution is 0.112. The van der Waals surface area contributed by atoms with Crippen LogP contribution in [-0.4, -0.2) is 24.9 Å². The summed E-state index contributed by atoms with van der Waals surface area (Å²) >= 11 is 0. The second-order valence-electron chi connectivity index (χ2n) is 6.79. The largest absolute Gasteiger partial charge is 0.497 e. The first kappa shape index (κ1) is 17.4. The molecule has 2 heterocycles. The number of aryl methyl sites for hydroxylation is 1. The van der Waals surface area contributed by atoms with E-state index in [1.54, 1.807) is 14.2 Å². The molecule has 0 spiro atoms. The van der Waals surface area contributed by atoms with Crippen LogP contribution in [0.1, 0.15) is 35.8 Å². The predicted octanol–water partition coefficient (Wildman–Crippen LogP) is 5.42. The number of nitrogens with zero attached hydrogens (tertiary/aromatic N) is 1. The molecule has 2 aromatic heterocycles. The van der Waals surface area contributed by atoms with E-state index in [0.717, 1.165) is 69.8 Å². The molecule has 0 N–H and O–H groups in total. The van der Waals surface area contributed by atoms with Crippen LogP contribution < -0.4 is 9.47 Å². The van der Waals surface area contributed by atoms with Crippen LogP contribution in [0, 0.1) is 0 Å². The molecule has 0 unspecified atom stereocenters. The van der Waals surface area contributed by atoms with E-state index in [2.05, 4.69) is 17.4 Å². The molecule has 0 radical (unpaired) electrons. The van der Waals surface area contributed by atoms with Crippen LogP contribution in [0.3, 0.4) is 0 Å². The summed E-state index contributed by atoms with van der Waals surface area (Å²) in [7, 11) is 3.34. The van der Waals surface area contributed by atoms with Crippen molar-refractivity contribution < 1.29 is 14.3 Å². The summed E-state index contributed by atoms with van der Waals surface area (Å²) in [6.45, 7) is 2.19. The quantitative estimate of drug-likeness (QED) is 0.431. The molecule has 0 fully saturated rings. The van der Waals surface area contributed by atoms with Crippen LogP contribution in [0.25, 0.3) is 27.2 Å². The number of aldehydes is 1. The van der Waals surface area contributed by atoms with E-state index in [1.165, 1.54) is 5.69 Å². The minimum atomic E-state index is 0.723. The number of unbranched alkanes of at least 4 members (excludes halogenated alkanes) is 1. The molecule has 138 valence electrons. The van der Waals surface area contributed by atoms with Crippen LogP contribution >= 0.6 is 0 Å². The summed E-state index contributed by atoms with van der Waals surface area (Å²) < 4.78 is 13.1. The van der Waals surface area contributed by atoms with Crippen molar-refractivity contribution in [2.75, 3.05) is 14.2 Å². The predicted molar refractivity (Wildman–Crippen MR) is 110 cm³/mol. The molecule has 4 nitrogen and oxygen atoms in total. The summed E-state index contributed by atoms with van der Waals surface area (Å²) in [6.07, 6.45) is 4.11. The third-order valence-corrected chi connectivity index (χ3v) is 5.24. The maximum Gasteiger partial charge on any atom is 0.152 e. The van der Waals surface area contributed by atoms with Gasteiger partial charge in [-0.15, -0.1) is 0 Å². The van der Waals surface area contributed by atoms with Crippen molar-refractivity contribution >= 4 is 33.5 Å². The molecule has 0 atom stereocenters. The van der Waals surface area contributed by atoms with Gasteiger partial charge in [0.25, 0.3) is 0 Å². The Morgan fingerprint density at radius 1 is 0.963 bits per heavy atom. The van der Waals surface area contributed by atoms with E-state index in [0.29, 0.717) is 0 Å². The molecule has 0 bridgehead atoms. The molecule has 27 heavy (non-hydrogen) atoms. The standard InChI is InChI=1S/C23H23NO3/c1-4-5-6-16-11-15-12-17(26-2)7-9-19(15)23-21(14-25)20-10-8-18(27-3)13-22(20)24(16)23/h7-14H,4-6H2,1-3H3. The summed E-state index contributed by atoms with van der Waals surface area (Å²) in [4.78, 5) is 12.1. The number of hydrogen-bond acceptors (Lipinski definition) is 3. The molecule has 0 aliphatic rings. The number of fused-ring (bicyclic) bond motifs is 5. The molecule has 2 aromatic carbocycles. The highest BCUT2D eigenvalue weighted by Gasteiger charge is 2.18. The number of carbonyl (C=O) groups excluding carboxylic acids is 1. The maximum atomic E-state index is 12.1. The average molecular weight is 361 g/mol. The monoisotopic (exact) mass is 361 g/mol. The molecule has 4 rings (SSSR count). The molecular weight excluding hydrogens is 338 g/mol. The van der Waals surface area contributed by atoms with Crippen molar-refractivity contribution in [2.45, 2.75) is 26.2 Å². The van der Waals surface area contributed by atoms with E-state index in [1.807, 2.05) is 36.4 Å². The SMILES string of the molecule is CCCCc1cc2cc(OC)ccc2c2c(C=O)c3ccc(OC)cc3n12. The summed E-state index contributed by atoms with van der Waals surface area (Å²) in [5.41, 5.74) is 3.88. The molecule has 0 aliphatic heterocycles. The van der Waals surface area contributed by atoms with E-state index in [4.69, 9.17) is 9.47 Å². The molecule has 0 amide bonds. The molecule has 4 aromatic rings. The number of pyridine rings is 1. The van der Waals surface area contributed by atoms with Crippen LogP contribution in [0.4, 0.5) is 0 Å². The molecule has 4 heteroatoms. The maximum absolute atomic E-state index is 12.1. The van der Waals surface area contributed by atoms with Gasteiger partial charge in [0.05, 0.1) is 25.3 Å². The molecular formula is C23H23NO3. The number of aromatic nitrogens is 1. The van der Waals surface area contributed by atoms with Crippen molar-refractivity contribution in [3.63, 3.8) is 0 Å². The zero-order valence-electron chi connectivity index (χ0n) is 15.9. The third kappa shape index (κ3) is 2.72. The van der Waals surface area contributed by atoms with Crippen LogP contribution in [0.15, 0.2) is 42.5 Å². The third-order valence-electron chi connectivity index (χ3n) is 5.24. The first-order chi connectivity index (χ1) is 13.2. The number of ether oxygens (including phenoxy) is 2. The Bertz CT molecular complexity index is 1160. The second kappa shape index (κ2) is 6.95. The van der Waals surface area contributed by atoms with Gasteiger partial charge in [0.1, 0.15) is 11.5 Å². The number of methoxy groups -OCH3 is 2. The highest BCUT2D eigenvalue weighted by Crippen LogP contribution is 2.36. The lowest BCUT2D eigenvalue weighted by Gasteiger charge is -2.12. The van der Waals surface area contributed by atoms with E-state index < -0.39 is 0 Å². The van der Waals surface area contributed by atoms with Crippen LogP contribution in [0.2, 0.25) is 0 Å². The Balaban J connectivity index is 2.20. The van der Waals surface area contributed by atoms with Gasteiger partial charge in [0.15, 0.2) is 6.29 Å². The first-order valence-electron chi connectivity index (χ1n) is 9.28. The van der Waals surface area contributed by atoms with Gasteiger partial charge >= 0.3 is 0 Å². The van der Waals surface area contributed by atoms with Gasteiger partial charge in [-0.05, 0) is 54.6 Å². The van der Waals surface area contributed by atoms with Crippen molar-refractivity contribution in [1.82, 2.24) is 4.40 Å². The zero-order valence-corrected chi connectivity index (χ0v) is 15.9. The fourth-order valence-corrected chi connectivity index (χ4v) is 3.89. The molecule has 0 saturated carbocycles. The fraction of sp³-hybridized carbons (Fsp3) is 0.261. The lowest BCUT2D eigenvalue weighted by atomic mass is 10.0. The van der Waals surface area contributed by atoms with Gasteiger partial charge in [-0.2, -0.15) is 0 Å². The van der Waals surface area contributed by atoms with Crippen molar-refractivity contribution in [1.29, 1.82) is 0 Å². The van der Waals surface area contributed by atoms with Crippen molar-refractivity contribution in [3.8, 4) is 11.5 Å². The minimum Gasteiger partial charge on any atom is -0.497 e. The van der Waals surface area contributed by atoms with Crippen LogP contribution in [-0.2, 0) is 6.42 Å². The second-order valence-corrected chi connectivity index (χ2v) is 6.79. The Hall–Kier alpha value is -3.01. The smallest absolute Gasteiger partial charge is 0.152 e. The van der Waals surface area contributed by atoms with Crippen LogP contribution in [0.5, 0.6) is 11.5 Å². The minimum absolute atomic E-state index is 0.723. The van der Waals surface area contributed by atoms with Crippen molar-refractivity contribution in [3.05, 3.63) is 53.7 Å². The molecule has 0 aliphatic carbocycles. The number of carbonyl (C=O) groups is 1. The average Bonchev–Trinajstić information content (AvgIpc) is 3.05. The highest BCUT2D eigenvalue weighted by atomic mass is 16.5. The number of hydrogen-bond donors (Lipinski definition) is 0. The van der Waals surface area contributed by atoms with Gasteiger partial charge in [0.2, 0.25) is 0 Å². The van der Waals surface area contributed by atoms with E-state index in [9.17, 15) is 4.79 Å².